The Labute approximate surface area is 148 Å². The van der Waals surface area contributed by atoms with Crippen molar-refractivity contribution in [3.8, 4) is 5.69 Å². The molecular weight excluding hydrogens is 334 g/mol. The Hall–Kier alpha value is -3.19. The van der Waals surface area contributed by atoms with Gasteiger partial charge in [0.1, 0.15) is 0 Å². The molecule has 0 spiro atoms. The van der Waals surface area contributed by atoms with Crippen LogP contribution in [0.25, 0.3) is 16.6 Å². The number of hydrogen-bond donors (Lipinski definition) is 1. The summed E-state index contributed by atoms with van der Waals surface area (Å²) in [5.41, 5.74) is 0.0384. The molecule has 1 aliphatic heterocycles. The number of amides is 1. The van der Waals surface area contributed by atoms with Gasteiger partial charge in [0, 0.05) is 13.1 Å². The number of ether oxygens (including phenoxy) is 1. The fourth-order valence-electron chi connectivity index (χ4n) is 3.17. The molecule has 0 bridgehead atoms. The molecule has 7 nitrogen and oxygen atoms in total. The maximum absolute atomic E-state index is 12.9. The molecule has 3 aromatic rings. The molecule has 0 radical (unpaired) electrons. The van der Waals surface area contributed by atoms with Gasteiger partial charge in [-0.05, 0) is 24.3 Å². The predicted molar refractivity (Wildman–Crippen MR) is 96.9 cm³/mol. The highest BCUT2D eigenvalue weighted by atomic mass is 16.5. The largest absolute Gasteiger partial charge is 0.378 e. The quantitative estimate of drug-likeness (QED) is 0.751. The van der Waals surface area contributed by atoms with E-state index in [0.717, 1.165) is 4.57 Å². The van der Waals surface area contributed by atoms with Crippen molar-refractivity contribution in [1.29, 1.82) is 0 Å². The minimum Gasteiger partial charge on any atom is -0.378 e. The highest BCUT2D eigenvalue weighted by Crippen LogP contribution is 2.16. The topological polar surface area (TPSA) is 84.4 Å². The molecule has 0 aliphatic carbocycles. The number of nitrogens with zero attached hydrogens (tertiary/aromatic N) is 2. The summed E-state index contributed by atoms with van der Waals surface area (Å²) < 4.78 is 6.31. The molecule has 0 atom stereocenters. The zero-order valence-electron chi connectivity index (χ0n) is 14.0. The minimum absolute atomic E-state index is 0.219. The molecule has 2 heterocycles. The van der Waals surface area contributed by atoms with Gasteiger partial charge in [-0.2, -0.15) is 0 Å². The van der Waals surface area contributed by atoms with Crippen LogP contribution in [-0.4, -0.2) is 46.7 Å². The first-order chi connectivity index (χ1) is 12.7. The number of fused-ring (bicyclic) bond motifs is 1. The summed E-state index contributed by atoms with van der Waals surface area (Å²) in [5.74, 6) is -0.219. The molecule has 132 valence electrons. The second kappa shape index (κ2) is 6.61. The summed E-state index contributed by atoms with van der Waals surface area (Å²) in [6.45, 7) is 1.92. The van der Waals surface area contributed by atoms with Crippen molar-refractivity contribution in [1.82, 2.24) is 14.5 Å². The van der Waals surface area contributed by atoms with E-state index in [1.54, 1.807) is 53.4 Å². The van der Waals surface area contributed by atoms with Crippen molar-refractivity contribution in [2.24, 2.45) is 0 Å². The van der Waals surface area contributed by atoms with Gasteiger partial charge in [-0.15, -0.1) is 0 Å². The van der Waals surface area contributed by atoms with Crippen LogP contribution >= 0.6 is 0 Å². The number of aromatic nitrogens is 2. The summed E-state index contributed by atoms with van der Waals surface area (Å²) >= 11 is 0. The number of aromatic amines is 1. The zero-order chi connectivity index (χ0) is 18.1. The van der Waals surface area contributed by atoms with E-state index >= 15 is 0 Å². The summed E-state index contributed by atoms with van der Waals surface area (Å²) in [6.07, 6.45) is 0. The highest BCUT2D eigenvalue weighted by molar-refractivity contribution is 5.98. The van der Waals surface area contributed by atoms with Gasteiger partial charge in [-0.3, -0.25) is 9.59 Å². The molecule has 7 heteroatoms. The van der Waals surface area contributed by atoms with E-state index in [1.165, 1.54) is 0 Å². The van der Waals surface area contributed by atoms with Crippen LogP contribution in [-0.2, 0) is 4.74 Å². The molecule has 1 amide bonds. The Kier molecular flexibility index (Phi) is 4.14. The van der Waals surface area contributed by atoms with Crippen LogP contribution in [0.4, 0.5) is 0 Å². The van der Waals surface area contributed by atoms with Crippen LogP contribution in [0, 0.1) is 0 Å². The molecule has 1 aliphatic rings. The standard InChI is InChI=1S/C19H17N3O4/c23-17(21-9-11-26-12-10-21)14-6-2-4-8-16(14)22-18(24)13-5-1-3-7-15(13)20-19(22)25/h1-8H,9-12H2,(H,20,25). The lowest BCUT2D eigenvalue weighted by Gasteiger charge is -2.27. The second-order valence-electron chi connectivity index (χ2n) is 6.04. The monoisotopic (exact) mass is 351 g/mol. The van der Waals surface area contributed by atoms with E-state index in [0.29, 0.717) is 42.8 Å². The fraction of sp³-hybridized carbons (Fsp3) is 0.211. The molecule has 0 saturated carbocycles. The number of H-pyrrole nitrogens is 1. The lowest BCUT2D eigenvalue weighted by atomic mass is 10.1. The van der Waals surface area contributed by atoms with E-state index in [2.05, 4.69) is 4.98 Å². The van der Waals surface area contributed by atoms with Crippen molar-refractivity contribution >= 4 is 16.8 Å². The summed E-state index contributed by atoms with van der Waals surface area (Å²) in [7, 11) is 0. The molecule has 1 saturated heterocycles. The average Bonchev–Trinajstić information content (AvgIpc) is 2.68. The zero-order valence-corrected chi connectivity index (χ0v) is 14.0. The summed E-state index contributed by atoms with van der Waals surface area (Å²) in [5, 5.41) is 0.390. The molecule has 26 heavy (non-hydrogen) atoms. The lowest BCUT2D eigenvalue weighted by Crippen LogP contribution is -2.42. The maximum atomic E-state index is 12.9. The third-order valence-electron chi connectivity index (χ3n) is 4.48. The highest BCUT2D eigenvalue weighted by Gasteiger charge is 2.23. The third kappa shape index (κ3) is 2.72. The Morgan fingerprint density at radius 3 is 2.46 bits per heavy atom. The fourth-order valence-corrected chi connectivity index (χ4v) is 3.17. The average molecular weight is 351 g/mol. The minimum atomic E-state index is -0.573. The number of carbonyl (C=O) groups excluding carboxylic acids is 1. The van der Waals surface area contributed by atoms with Crippen molar-refractivity contribution in [3.05, 3.63) is 74.9 Å². The van der Waals surface area contributed by atoms with Gasteiger partial charge in [0.15, 0.2) is 0 Å². The van der Waals surface area contributed by atoms with Crippen molar-refractivity contribution in [2.75, 3.05) is 26.3 Å². The normalized spacial score (nSPS) is 14.5. The van der Waals surface area contributed by atoms with Gasteiger partial charge in [-0.1, -0.05) is 24.3 Å². The van der Waals surface area contributed by atoms with Crippen molar-refractivity contribution < 1.29 is 9.53 Å². The van der Waals surface area contributed by atoms with E-state index in [1.807, 2.05) is 0 Å². The van der Waals surface area contributed by atoms with Gasteiger partial charge in [0.2, 0.25) is 0 Å². The Morgan fingerprint density at radius 2 is 1.65 bits per heavy atom. The summed E-state index contributed by atoms with van der Waals surface area (Å²) in [4.78, 5) is 42.8. The number of morpholine rings is 1. The first kappa shape index (κ1) is 16.3. The Bertz CT molecular complexity index is 1090. The van der Waals surface area contributed by atoms with Crippen LogP contribution in [0.5, 0.6) is 0 Å². The van der Waals surface area contributed by atoms with E-state index in [9.17, 15) is 14.4 Å². The number of hydrogen-bond acceptors (Lipinski definition) is 4. The molecule has 4 rings (SSSR count). The van der Waals surface area contributed by atoms with Crippen LogP contribution in [0.3, 0.4) is 0 Å². The van der Waals surface area contributed by atoms with Gasteiger partial charge in [0.25, 0.3) is 11.5 Å². The van der Waals surface area contributed by atoms with Gasteiger partial charge in [0.05, 0.1) is 35.4 Å². The summed E-state index contributed by atoms with van der Waals surface area (Å²) in [6, 6.07) is 13.5. The second-order valence-corrected chi connectivity index (χ2v) is 6.04. The van der Waals surface area contributed by atoms with E-state index in [-0.39, 0.29) is 11.6 Å². The molecule has 1 aromatic heterocycles. The van der Waals surface area contributed by atoms with Gasteiger partial charge < -0.3 is 14.6 Å². The molecule has 2 aromatic carbocycles. The van der Waals surface area contributed by atoms with Crippen molar-refractivity contribution in [3.63, 3.8) is 0 Å². The predicted octanol–water partition coefficient (Wildman–Crippen LogP) is 1.15. The first-order valence-corrected chi connectivity index (χ1v) is 8.37. The molecule has 1 fully saturated rings. The van der Waals surface area contributed by atoms with E-state index in [4.69, 9.17) is 4.74 Å². The number of nitrogens with one attached hydrogen (secondary N) is 1. The molecular formula is C19H17N3O4. The van der Waals surface area contributed by atoms with Crippen LogP contribution in [0.15, 0.2) is 58.1 Å². The van der Waals surface area contributed by atoms with Gasteiger partial charge >= 0.3 is 5.69 Å². The maximum Gasteiger partial charge on any atom is 0.333 e. The number of rotatable bonds is 2. The molecule has 0 unspecified atom stereocenters. The van der Waals surface area contributed by atoms with Gasteiger partial charge in [-0.25, -0.2) is 9.36 Å². The molecule has 1 N–H and O–H groups in total. The number of para-hydroxylation sites is 2. The smallest absolute Gasteiger partial charge is 0.333 e. The Morgan fingerprint density at radius 1 is 0.962 bits per heavy atom. The van der Waals surface area contributed by atoms with Crippen molar-refractivity contribution in [2.45, 2.75) is 0 Å². The first-order valence-electron chi connectivity index (χ1n) is 8.37. The lowest BCUT2D eigenvalue weighted by molar-refractivity contribution is 0.0303. The Balaban J connectivity index is 1.90. The third-order valence-corrected chi connectivity index (χ3v) is 4.48. The van der Waals surface area contributed by atoms with Crippen LogP contribution in [0.1, 0.15) is 10.4 Å². The SMILES string of the molecule is O=C(c1ccccc1-n1c(=O)[nH]c2ccccc2c1=O)N1CCOCC1. The number of carbonyl (C=O) groups is 1. The van der Waals surface area contributed by atoms with Crippen LogP contribution in [0.2, 0.25) is 0 Å². The number of benzene rings is 2. The van der Waals surface area contributed by atoms with E-state index < -0.39 is 11.2 Å². The van der Waals surface area contributed by atoms with Crippen LogP contribution < -0.4 is 11.2 Å².